The van der Waals surface area contributed by atoms with Crippen LogP contribution in [0.3, 0.4) is 0 Å². The molecule has 2 N–H and O–H groups in total. The number of amides is 2. The highest BCUT2D eigenvalue weighted by molar-refractivity contribution is 5.96. The van der Waals surface area contributed by atoms with Gasteiger partial charge in [0, 0.05) is 24.6 Å². The number of benzene rings is 2. The molecule has 0 saturated carbocycles. The van der Waals surface area contributed by atoms with Crippen molar-refractivity contribution in [1.82, 2.24) is 0 Å². The summed E-state index contributed by atoms with van der Waals surface area (Å²) in [6, 6.07) is 11.5. The molecule has 2 aromatic rings. The first-order valence-electron chi connectivity index (χ1n) is 8.44. The van der Waals surface area contributed by atoms with E-state index in [4.69, 9.17) is 9.47 Å². The van der Waals surface area contributed by atoms with E-state index in [1.54, 1.807) is 49.4 Å². The van der Waals surface area contributed by atoms with Crippen LogP contribution in [0.1, 0.15) is 30.6 Å². The molecule has 0 unspecified atom stereocenters. The molecule has 27 heavy (non-hydrogen) atoms. The third kappa shape index (κ3) is 5.85. The normalized spacial score (nSPS) is 10.0. The van der Waals surface area contributed by atoms with Gasteiger partial charge in [0.1, 0.15) is 11.5 Å². The monoisotopic (exact) mass is 370 g/mol. The number of nitrogens with one attached hydrogen (secondary N) is 2. The van der Waals surface area contributed by atoms with Crippen LogP contribution in [0.15, 0.2) is 42.5 Å². The first-order valence-corrected chi connectivity index (χ1v) is 8.44. The molecule has 0 bridgehead atoms. The molecular formula is C20H22N2O5. The van der Waals surface area contributed by atoms with Gasteiger partial charge in [-0.1, -0.05) is 6.92 Å². The fourth-order valence-electron chi connectivity index (χ4n) is 2.36. The van der Waals surface area contributed by atoms with E-state index in [0.717, 1.165) is 0 Å². The van der Waals surface area contributed by atoms with Crippen LogP contribution in [0.4, 0.5) is 11.4 Å². The Morgan fingerprint density at radius 3 is 2.30 bits per heavy atom. The predicted octanol–water partition coefficient (Wildman–Crippen LogP) is 3.26. The van der Waals surface area contributed by atoms with Crippen LogP contribution >= 0.6 is 0 Å². The summed E-state index contributed by atoms with van der Waals surface area (Å²) >= 11 is 0. The van der Waals surface area contributed by atoms with Crippen molar-refractivity contribution in [3.8, 4) is 11.5 Å². The number of anilines is 2. The zero-order valence-corrected chi connectivity index (χ0v) is 15.5. The number of Topliss-reactive ketones (excluding diaryl/α,β-unsaturated/α-hetero) is 1. The van der Waals surface area contributed by atoms with Crippen LogP contribution in [0, 0.1) is 0 Å². The Morgan fingerprint density at radius 1 is 1.00 bits per heavy atom. The van der Waals surface area contributed by atoms with E-state index in [1.165, 1.54) is 14.0 Å². The lowest BCUT2D eigenvalue weighted by atomic mass is 10.1. The van der Waals surface area contributed by atoms with E-state index < -0.39 is 0 Å². The van der Waals surface area contributed by atoms with Crippen molar-refractivity contribution in [2.45, 2.75) is 20.3 Å². The largest absolute Gasteiger partial charge is 0.495 e. The molecular weight excluding hydrogens is 348 g/mol. The number of methoxy groups -OCH3 is 1. The average Bonchev–Trinajstić information content (AvgIpc) is 2.66. The molecule has 0 aliphatic carbocycles. The summed E-state index contributed by atoms with van der Waals surface area (Å²) in [5.74, 6) is 0.425. The molecule has 0 atom stereocenters. The molecule has 2 rings (SSSR count). The van der Waals surface area contributed by atoms with Gasteiger partial charge in [0.15, 0.2) is 12.4 Å². The third-order valence-electron chi connectivity index (χ3n) is 3.66. The van der Waals surface area contributed by atoms with E-state index in [9.17, 15) is 14.4 Å². The van der Waals surface area contributed by atoms with Gasteiger partial charge in [0.05, 0.1) is 12.8 Å². The predicted molar refractivity (Wildman–Crippen MR) is 102 cm³/mol. The number of ketones is 1. The Bertz CT molecular complexity index is 831. The molecule has 7 heteroatoms. The van der Waals surface area contributed by atoms with Gasteiger partial charge >= 0.3 is 0 Å². The fourth-order valence-corrected chi connectivity index (χ4v) is 2.36. The molecule has 0 aliphatic heterocycles. The van der Waals surface area contributed by atoms with Crippen molar-refractivity contribution in [3.05, 3.63) is 48.0 Å². The minimum atomic E-state index is -0.359. The van der Waals surface area contributed by atoms with Crippen molar-refractivity contribution < 1.29 is 23.9 Å². The van der Waals surface area contributed by atoms with Crippen LogP contribution in [0.5, 0.6) is 11.5 Å². The highest BCUT2D eigenvalue weighted by Gasteiger charge is 2.09. The Kier molecular flexibility index (Phi) is 6.93. The minimum absolute atomic E-state index is 0.0498. The van der Waals surface area contributed by atoms with Gasteiger partial charge in [-0.05, 0) is 42.5 Å². The Morgan fingerprint density at radius 2 is 1.70 bits per heavy atom. The van der Waals surface area contributed by atoms with Gasteiger partial charge in [-0.3, -0.25) is 14.4 Å². The maximum absolute atomic E-state index is 12.1. The maximum atomic E-state index is 12.1. The lowest BCUT2D eigenvalue weighted by Crippen LogP contribution is -2.20. The number of hydrogen-bond donors (Lipinski definition) is 2. The first kappa shape index (κ1) is 20.0. The second kappa shape index (κ2) is 9.38. The quantitative estimate of drug-likeness (QED) is 0.696. The van der Waals surface area contributed by atoms with Gasteiger partial charge in [0.25, 0.3) is 5.91 Å². The minimum Gasteiger partial charge on any atom is -0.495 e. The van der Waals surface area contributed by atoms with E-state index in [0.29, 0.717) is 34.9 Å². The molecule has 2 aromatic carbocycles. The van der Waals surface area contributed by atoms with E-state index in [2.05, 4.69) is 10.6 Å². The lowest BCUT2D eigenvalue weighted by Gasteiger charge is -2.12. The Labute approximate surface area is 157 Å². The summed E-state index contributed by atoms with van der Waals surface area (Å²) < 4.78 is 10.6. The standard InChI is InChI=1S/C20H22N2O5/c1-4-18(24)14-5-8-16(9-6-14)27-12-20(25)22-15-7-10-19(26-3)17(11-15)21-13(2)23/h5-11H,4,12H2,1-3H3,(H,21,23)(H,22,25). The zero-order valence-electron chi connectivity index (χ0n) is 15.5. The van der Waals surface area contributed by atoms with Gasteiger partial charge < -0.3 is 20.1 Å². The molecule has 7 nitrogen and oxygen atoms in total. The molecule has 0 aromatic heterocycles. The van der Waals surface area contributed by atoms with Crippen molar-refractivity contribution >= 4 is 29.0 Å². The molecule has 0 heterocycles. The number of carbonyl (C=O) groups is 3. The molecule has 0 spiro atoms. The molecule has 0 aliphatic rings. The van der Waals surface area contributed by atoms with Gasteiger partial charge in [0.2, 0.25) is 5.91 Å². The van der Waals surface area contributed by atoms with E-state index >= 15 is 0 Å². The van der Waals surface area contributed by atoms with Gasteiger partial charge in [-0.15, -0.1) is 0 Å². The highest BCUT2D eigenvalue weighted by atomic mass is 16.5. The molecule has 0 saturated heterocycles. The van der Waals surface area contributed by atoms with Gasteiger partial charge in [-0.2, -0.15) is 0 Å². The third-order valence-corrected chi connectivity index (χ3v) is 3.66. The highest BCUT2D eigenvalue weighted by Crippen LogP contribution is 2.27. The lowest BCUT2D eigenvalue weighted by molar-refractivity contribution is -0.118. The van der Waals surface area contributed by atoms with Crippen LogP contribution in [-0.4, -0.2) is 31.3 Å². The molecule has 0 radical (unpaired) electrons. The van der Waals surface area contributed by atoms with Crippen molar-refractivity contribution in [2.75, 3.05) is 24.4 Å². The number of carbonyl (C=O) groups excluding carboxylic acids is 3. The zero-order chi connectivity index (χ0) is 19.8. The van der Waals surface area contributed by atoms with Crippen LogP contribution in [-0.2, 0) is 9.59 Å². The second-order valence-corrected chi connectivity index (χ2v) is 5.73. The van der Waals surface area contributed by atoms with Gasteiger partial charge in [-0.25, -0.2) is 0 Å². The van der Waals surface area contributed by atoms with Crippen molar-refractivity contribution in [1.29, 1.82) is 0 Å². The number of ether oxygens (including phenoxy) is 2. The van der Waals surface area contributed by atoms with Crippen molar-refractivity contribution in [2.24, 2.45) is 0 Å². The number of hydrogen-bond acceptors (Lipinski definition) is 5. The van der Waals surface area contributed by atoms with Crippen LogP contribution < -0.4 is 20.1 Å². The Balaban J connectivity index is 1.95. The summed E-state index contributed by atoms with van der Waals surface area (Å²) in [5.41, 5.74) is 1.56. The molecule has 0 fully saturated rings. The summed E-state index contributed by atoms with van der Waals surface area (Å²) in [6.07, 6.45) is 0.435. The maximum Gasteiger partial charge on any atom is 0.262 e. The van der Waals surface area contributed by atoms with E-state index in [-0.39, 0.29) is 24.2 Å². The second-order valence-electron chi connectivity index (χ2n) is 5.73. The Hall–Kier alpha value is -3.35. The fraction of sp³-hybridized carbons (Fsp3) is 0.250. The SMILES string of the molecule is CCC(=O)c1ccc(OCC(=O)Nc2ccc(OC)c(NC(C)=O)c2)cc1. The van der Waals surface area contributed by atoms with Crippen LogP contribution in [0.25, 0.3) is 0 Å². The summed E-state index contributed by atoms with van der Waals surface area (Å²) in [6.45, 7) is 2.99. The smallest absolute Gasteiger partial charge is 0.262 e. The summed E-state index contributed by atoms with van der Waals surface area (Å²) in [5, 5.41) is 5.33. The molecule has 142 valence electrons. The summed E-state index contributed by atoms with van der Waals surface area (Å²) in [4.78, 5) is 34.9. The first-order chi connectivity index (χ1) is 12.9. The van der Waals surface area contributed by atoms with E-state index in [1.807, 2.05) is 0 Å². The van der Waals surface area contributed by atoms with Crippen LogP contribution in [0.2, 0.25) is 0 Å². The van der Waals surface area contributed by atoms with Crippen molar-refractivity contribution in [3.63, 3.8) is 0 Å². The number of rotatable bonds is 8. The molecule has 2 amide bonds. The average molecular weight is 370 g/mol. The summed E-state index contributed by atoms with van der Waals surface area (Å²) in [7, 11) is 1.49. The topological polar surface area (TPSA) is 93.7 Å².